The third-order valence-electron chi connectivity index (χ3n) is 13.8. The summed E-state index contributed by atoms with van der Waals surface area (Å²) < 4.78 is 78.1. The zero-order valence-electron chi connectivity index (χ0n) is 53.9. The number of aromatic nitrogens is 3. The van der Waals surface area contributed by atoms with Crippen LogP contribution in [0.15, 0.2) is 36.5 Å². The highest BCUT2D eigenvalue weighted by molar-refractivity contribution is 6.13. The number of aryl methyl sites for hydroxylation is 1. The molecule has 30 nitrogen and oxygen atoms in total. The lowest BCUT2D eigenvalue weighted by molar-refractivity contribution is -0.188. The van der Waals surface area contributed by atoms with Crippen LogP contribution >= 0.6 is 0 Å². The largest absolute Gasteiger partial charge is 0.460 e. The Kier molecular flexibility index (Phi) is 38.5. The summed E-state index contributed by atoms with van der Waals surface area (Å²) in [4.78, 5) is 80.5. The van der Waals surface area contributed by atoms with E-state index < -0.39 is 95.8 Å². The molecule has 6 N–H and O–H groups in total. The number of carbonyl (C=O) groups is 6. The van der Waals surface area contributed by atoms with Crippen molar-refractivity contribution in [3.63, 3.8) is 0 Å². The number of nitrogens with zero attached hydrogens (tertiary/aromatic N) is 4. The van der Waals surface area contributed by atoms with Crippen LogP contribution in [0.3, 0.4) is 0 Å². The summed E-state index contributed by atoms with van der Waals surface area (Å²) in [6, 6.07) is 1.49. The van der Waals surface area contributed by atoms with Gasteiger partial charge >= 0.3 is 5.97 Å². The Morgan fingerprint density at radius 3 is 1.57 bits per heavy atom. The summed E-state index contributed by atoms with van der Waals surface area (Å²) in [6.45, 7) is 20.0. The molecule has 3 heterocycles. The molecule has 2 aliphatic rings. The van der Waals surface area contributed by atoms with Gasteiger partial charge in [0.15, 0.2) is 0 Å². The fourth-order valence-corrected chi connectivity index (χ4v) is 8.64. The average molecular weight is 1300 g/mol. The van der Waals surface area contributed by atoms with Crippen molar-refractivity contribution in [2.75, 3.05) is 171 Å². The minimum absolute atomic E-state index is 0.0855. The number of rotatable bonds is 51. The maximum Gasteiger partial charge on any atom is 0.311 e. The second kappa shape index (κ2) is 44.9. The van der Waals surface area contributed by atoms with Crippen LogP contribution in [0.4, 0.5) is 5.69 Å². The Morgan fingerprint density at radius 2 is 1.11 bits per heavy atom. The van der Waals surface area contributed by atoms with Gasteiger partial charge in [0, 0.05) is 24.9 Å². The molecule has 0 radical (unpaired) electrons. The van der Waals surface area contributed by atoms with Gasteiger partial charge in [-0.1, -0.05) is 25.1 Å². The first-order valence-electron chi connectivity index (χ1n) is 30.9. The topological polar surface area (TPSA) is 362 Å². The molecule has 516 valence electrons. The van der Waals surface area contributed by atoms with Crippen LogP contribution in [0, 0.1) is 11.3 Å². The first kappa shape index (κ1) is 77.9. The molecule has 2 aromatic rings. The number of ether oxygens (including phenoxy) is 14. The normalized spacial score (nSPS) is 17.8. The number of imide groups is 1. The zero-order valence-corrected chi connectivity index (χ0v) is 53.9. The molecule has 0 aliphatic carbocycles. The Bertz CT molecular complexity index is 2430. The number of hydrogen-bond donors (Lipinski definition) is 6. The molecule has 1 saturated heterocycles. The van der Waals surface area contributed by atoms with Gasteiger partial charge in [-0.25, -0.2) is 4.68 Å². The van der Waals surface area contributed by atoms with E-state index in [1.807, 2.05) is 0 Å². The van der Waals surface area contributed by atoms with Crippen LogP contribution in [-0.4, -0.2) is 273 Å². The van der Waals surface area contributed by atoms with E-state index in [1.54, 1.807) is 59.9 Å². The van der Waals surface area contributed by atoms with E-state index in [2.05, 4.69) is 26.3 Å². The highest BCUT2D eigenvalue weighted by Gasteiger charge is 2.39. The molecule has 30 heteroatoms. The number of aliphatic hydroxyl groups is 3. The predicted molar refractivity (Wildman–Crippen MR) is 324 cm³/mol. The van der Waals surface area contributed by atoms with Crippen molar-refractivity contribution in [1.82, 2.24) is 30.5 Å². The minimum Gasteiger partial charge on any atom is -0.460 e. The van der Waals surface area contributed by atoms with E-state index in [9.17, 15) is 44.1 Å². The second-order valence-corrected chi connectivity index (χ2v) is 22.5. The Labute approximate surface area is 532 Å². The highest BCUT2D eigenvalue weighted by atomic mass is 16.6. The molecule has 7 atom stereocenters. The fraction of sp³-hybridized carbons (Fsp3) is 0.738. The molecule has 91 heavy (non-hydrogen) atoms. The van der Waals surface area contributed by atoms with Crippen molar-refractivity contribution >= 4 is 41.2 Å². The van der Waals surface area contributed by atoms with Crippen LogP contribution in [0.5, 0.6) is 0 Å². The number of methoxy groups -OCH3 is 1. The SMILES string of the molecule is COCCOCCOCCOCCOCCOCCOCCOCCOCCOCCOCCOCCn1cc([C@@H](CC(=O)N[C@H](C(=O)N[C@@H](C)C(=O)Nc2ccc(COC(=O)C(C)(C)C)c(CC[C@@H]3OC[C@@H](O)[C@H](O)[C@H]3O)c2)C(C)C)N2C(=O)C=CC2=O)nn1. The predicted octanol–water partition coefficient (Wildman–Crippen LogP) is 0.251. The van der Waals surface area contributed by atoms with Crippen molar-refractivity contribution in [3.05, 3.63) is 53.4 Å². The molecule has 0 unspecified atom stereocenters. The molecule has 0 spiro atoms. The number of carbonyl (C=O) groups excluding carboxylic acids is 6. The van der Waals surface area contributed by atoms with Crippen LogP contribution in [0.25, 0.3) is 0 Å². The maximum absolute atomic E-state index is 13.8. The number of aliphatic hydroxyl groups excluding tert-OH is 3. The maximum atomic E-state index is 13.8. The smallest absolute Gasteiger partial charge is 0.311 e. The third-order valence-corrected chi connectivity index (χ3v) is 13.8. The van der Waals surface area contributed by atoms with Gasteiger partial charge in [0.25, 0.3) is 11.8 Å². The Hall–Kier alpha value is -5.52. The van der Waals surface area contributed by atoms with Gasteiger partial charge in [-0.3, -0.25) is 33.7 Å². The van der Waals surface area contributed by atoms with Crippen LogP contribution in [-0.2, 0) is 115 Å². The van der Waals surface area contributed by atoms with Crippen molar-refractivity contribution in [2.45, 2.75) is 116 Å². The van der Waals surface area contributed by atoms with E-state index in [0.29, 0.717) is 156 Å². The van der Waals surface area contributed by atoms with Gasteiger partial charge in [0.05, 0.1) is 195 Å². The Morgan fingerprint density at radius 1 is 0.637 bits per heavy atom. The van der Waals surface area contributed by atoms with Crippen molar-refractivity contribution in [3.8, 4) is 0 Å². The van der Waals surface area contributed by atoms with Crippen LogP contribution in [0.2, 0.25) is 0 Å². The highest BCUT2D eigenvalue weighted by Crippen LogP contribution is 2.28. The lowest BCUT2D eigenvalue weighted by Gasteiger charge is -2.35. The van der Waals surface area contributed by atoms with Gasteiger partial charge in [0.2, 0.25) is 17.7 Å². The molecule has 1 aromatic carbocycles. The summed E-state index contributed by atoms with van der Waals surface area (Å²) in [5.41, 5.74) is 0.973. The van der Waals surface area contributed by atoms with E-state index in [4.69, 9.17) is 66.3 Å². The molecule has 1 aromatic heterocycles. The van der Waals surface area contributed by atoms with Crippen LogP contribution < -0.4 is 16.0 Å². The zero-order chi connectivity index (χ0) is 66.2. The van der Waals surface area contributed by atoms with Crippen molar-refractivity contribution in [1.29, 1.82) is 0 Å². The molecule has 0 bridgehead atoms. The van der Waals surface area contributed by atoms with Crippen molar-refractivity contribution in [2.24, 2.45) is 11.3 Å². The fourth-order valence-electron chi connectivity index (χ4n) is 8.64. The molecule has 0 saturated carbocycles. The average Bonchev–Trinajstić information content (AvgIpc) is 2.21. The van der Waals surface area contributed by atoms with Crippen molar-refractivity contribution < 1.29 is 110 Å². The molecule has 4 rings (SSSR count). The van der Waals surface area contributed by atoms with E-state index in [0.717, 1.165) is 17.1 Å². The van der Waals surface area contributed by atoms with Gasteiger partial charge in [0.1, 0.15) is 42.7 Å². The standard InChI is InChI=1S/C61H99N7O23/c1-43(2)55(59(76)62-44(3)58(75)63-47-10-8-46(41-91-60(77)61(4,5)6)45(38-47)9-11-51-57(74)56(73)50(69)42-90-51)64-52(70)39-49(68-53(71)12-13-54(68)72)48-40-67(66-65-48)14-15-79-18-19-81-22-23-83-26-27-85-30-31-87-34-35-89-37-36-88-33-32-86-29-28-84-25-24-82-21-20-80-17-16-78-7/h8,10,12-13,38,40,43-44,49-51,55-57,69,73-74H,9,11,14-37,39,41-42H2,1-7H3,(H,62,76)(H,63,75)(H,64,70)/t44-,49+,50+,51-,55-,56-,57-/m0/s1. The number of benzene rings is 1. The quantitative estimate of drug-likeness (QED) is 0.0294. The third kappa shape index (κ3) is 31.3. The van der Waals surface area contributed by atoms with E-state index in [1.165, 1.54) is 17.8 Å². The molecular formula is C61H99N7O23. The molecule has 2 aliphatic heterocycles. The summed E-state index contributed by atoms with van der Waals surface area (Å²) >= 11 is 0. The first-order chi connectivity index (χ1) is 43.8. The molecule has 5 amide bonds. The lowest BCUT2D eigenvalue weighted by atomic mass is 9.93. The van der Waals surface area contributed by atoms with Gasteiger partial charge in [-0.05, 0) is 69.7 Å². The number of anilines is 1. The van der Waals surface area contributed by atoms with Crippen LogP contribution in [0.1, 0.15) is 77.2 Å². The number of nitrogens with one attached hydrogen (secondary N) is 3. The summed E-state index contributed by atoms with van der Waals surface area (Å²) in [6.07, 6.45) is -1.11. The lowest BCUT2D eigenvalue weighted by Crippen LogP contribution is -2.54. The second-order valence-electron chi connectivity index (χ2n) is 22.5. The van der Waals surface area contributed by atoms with E-state index in [-0.39, 0.29) is 51.5 Å². The number of amides is 5. The first-order valence-corrected chi connectivity index (χ1v) is 30.9. The summed E-state index contributed by atoms with van der Waals surface area (Å²) in [7, 11) is 1.63. The monoisotopic (exact) mass is 1300 g/mol. The number of hydrogen-bond acceptors (Lipinski definition) is 25. The van der Waals surface area contributed by atoms with Gasteiger partial charge in [-0.2, -0.15) is 0 Å². The van der Waals surface area contributed by atoms with E-state index >= 15 is 0 Å². The Balaban J connectivity index is 1.07. The number of esters is 1. The summed E-state index contributed by atoms with van der Waals surface area (Å²) in [5, 5.41) is 47.1. The molecular weight excluding hydrogens is 1200 g/mol. The minimum atomic E-state index is -1.40. The van der Waals surface area contributed by atoms with Gasteiger partial charge in [-0.15, -0.1) is 5.10 Å². The summed E-state index contributed by atoms with van der Waals surface area (Å²) in [5.74, 6) is -4.21. The molecule has 1 fully saturated rings. The van der Waals surface area contributed by atoms with Gasteiger partial charge < -0.3 is 97.6 Å².